The van der Waals surface area contributed by atoms with Crippen LogP contribution in [-0.4, -0.2) is 9.98 Å². The van der Waals surface area contributed by atoms with E-state index in [1.807, 2.05) is 23.7 Å². The summed E-state index contributed by atoms with van der Waals surface area (Å²) in [6.45, 7) is 0. The van der Waals surface area contributed by atoms with E-state index in [1.54, 1.807) is 24.2 Å². The first-order chi connectivity index (χ1) is 6.29. The Morgan fingerprint density at radius 3 is 2.85 bits per heavy atom. The fourth-order valence-electron chi connectivity index (χ4n) is 1.26. The van der Waals surface area contributed by atoms with Crippen molar-refractivity contribution < 1.29 is 0 Å². The second-order valence-corrected chi connectivity index (χ2v) is 4.22. The molecule has 0 spiro atoms. The van der Waals surface area contributed by atoms with Crippen LogP contribution < -0.4 is 11.1 Å². The number of pyridine rings is 1. The molecule has 0 radical (unpaired) electrons. The molecule has 68 valence electrons. The number of hydrogen-bond donors (Lipinski definition) is 2. The number of nitrogens with two attached hydrogens (primary N) is 1. The maximum atomic E-state index is 6.06. The molecule has 0 bridgehead atoms. The molecule has 1 aromatic heterocycles. The summed E-state index contributed by atoms with van der Waals surface area (Å²) in [6.07, 6.45) is 6.25. The fraction of sp³-hybridized carbons (Fsp3) is 0.222. The molecule has 2 heterocycles. The Morgan fingerprint density at radius 1 is 1.46 bits per heavy atom. The molecule has 3 nitrogen and oxygen atoms in total. The van der Waals surface area contributed by atoms with Gasteiger partial charge in [0.1, 0.15) is 4.99 Å². The summed E-state index contributed by atoms with van der Waals surface area (Å²) in [4.78, 5) is 3.59. The van der Waals surface area contributed by atoms with Crippen LogP contribution >= 0.6 is 11.8 Å². The molecule has 0 amide bonds. The molecule has 0 aliphatic carbocycles. The monoisotopic (exact) mass is 193 g/mol. The van der Waals surface area contributed by atoms with E-state index in [2.05, 4.69) is 10.3 Å². The Morgan fingerprint density at radius 2 is 2.23 bits per heavy atom. The van der Waals surface area contributed by atoms with Gasteiger partial charge in [0, 0.05) is 25.0 Å². The lowest BCUT2D eigenvalue weighted by Gasteiger charge is -2.23. The zero-order valence-electron chi connectivity index (χ0n) is 7.10. The summed E-state index contributed by atoms with van der Waals surface area (Å²) >= 11 is 1.61. The minimum Gasteiger partial charge on any atom is -0.364 e. The Balaban J connectivity index is 2.06. The van der Waals surface area contributed by atoms with Crippen LogP contribution in [0.25, 0.3) is 0 Å². The molecule has 0 fully saturated rings. The average Bonchev–Trinajstić information content (AvgIpc) is 2.54. The van der Waals surface area contributed by atoms with Crippen molar-refractivity contribution in [2.75, 3.05) is 0 Å². The Labute approximate surface area is 81.4 Å². The SMILES string of the molecule is NC1(Cc2ccncc2)NC=CS1. The van der Waals surface area contributed by atoms with Crippen LogP contribution in [0.3, 0.4) is 0 Å². The molecular formula is C9H11N3S. The van der Waals surface area contributed by atoms with Crippen molar-refractivity contribution in [3.63, 3.8) is 0 Å². The van der Waals surface area contributed by atoms with Crippen molar-refractivity contribution in [1.29, 1.82) is 0 Å². The molecule has 0 saturated carbocycles. The summed E-state index contributed by atoms with van der Waals surface area (Å²) in [5.74, 6) is 0. The van der Waals surface area contributed by atoms with Crippen molar-refractivity contribution in [1.82, 2.24) is 10.3 Å². The van der Waals surface area contributed by atoms with Crippen LogP contribution in [0.2, 0.25) is 0 Å². The van der Waals surface area contributed by atoms with Gasteiger partial charge in [0.15, 0.2) is 0 Å². The van der Waals surface area contributed by atoms with Crippen molar-refractivity contribution >= 4 is 11.8 Å². The molecule has 1 aliphatic rings. The third kappa shape index (κ3) is 2.02. The van der Waals surface area contributed by atoms with Crippen molar-refractivity contribution in [2.24, 2.45) is 5.73 Å². The molecule has 2 rings (SSSR count). The molecule has 1 aromatic rings. The highest BCUT2D eigenvalue weighted by atomic mass is 32.2. The lowest BCUT2D eigenvalue weighted by atomic mass is 10.1. The smallest absolute Gasteiger partial charge is 0.142 e. The maximum Gasteiger partial charge on any atom is 0.142 e. The van der Waals surface area contributed by atoms with Crippen molar-refractivity contribution in [3.8, 4) is 0 Å². The summed E-state index contributed by atoms with van der Waals surface area (Å²) in [5, 5.41) is 5.09. The first-order valence-electron chi connectivity index (χ1n) is 4.07. The van der Waals surface area contributed by atoms with E-state index in [4.69, 9.17) is 5.73 Å². The molecule has 13 heavy (non-hydrogen) atoms. The van der Waals surface area contributed by atoms with Gasteiger partial charge in [0.25, 0.3) is 0 Å². The highest BCUT2D eigenvalue weighted by Gasteiger charge is 2.26. The Kier molecular flexibility index (Phi) is 2.24. The quantitative estimate of drug-likeness (QED) is 0.737. The predicted molar refractivity (Wildman–Crippen MR) is 54.7 cm³/mol. The average molecular weight is 193 g/mol. The van der Waals surface area contributed by atoms with Gasteiger partial charge in [-0.25, -0.2) is 0 Å². The van der Waals surface area contributed by atoms with E-state index >= 15 is 0 Å². The number of nitrogens with zero attached hydrogens (tertiary/aromatic N) is 1. The maximum absolute atomic E-state index is 6.06. The molecule has 1 unspecified atom stereocenters. The van der Waals surface area contributed by atoms with Crippen LogP contribution in [0.5, 0.6) is 0 Å². The van der Waals surface area contributed by atoms with E-state index in [1.165, 1.54) is 5.56 Å². The largest absolute Gasteiger partial charge is 0.364 e. The minimum atomic E-state index is -0.374. The summed E-state index contributed by atoms with van der Waals surface area (Å²) in [5.41, 5.74) is 7.26. The third-order valence-corrected chi connectivity index (χ3v) is 2.85. The van der Waals surface area contributed by atoms with Crippen molar-refractivity contribution in [2.45, 2.75) is 11.4 Å². The van der Waals surface area contributed by atoms with Crippen LogP contribution in [0.1, 0.15) is 5.56 Å². The second-order valence-electron chi connectivity index (χ2n) is 2.99. The Hall–Kier alpha value is -1.00. The molecule has 3 N–H and O–H groups in total. The molecule has 1 atom stereocenters. The van der Waals surface area contributed by atoms with Gasteiger partial charge in [-0.15, -0.1) is 0 Å². The summed E-state index contributed by atoms with van der Waals surface area (Å²) in [6, 6.07) is 3.96. The zero-order chi connectivity index (χ0) is 9.15. The third-order valence-electron chi connectivity index (χ3n) is 1.89. The van der Waals surface area contributed by atoms with E-state index in [0.717, 1.165) is 6.42 Å². The van der Waals surface area contributed by atoms with E-state index in [-0.39, 0.29) is 4.99 Å². The topological polar surface area (TPSA) is 50.9 Å². The highest BCUT2D eigenvalue weighted by Crippen LogP contribution is 2.26. The molecule has 1 aliphatic heterocycles. The van der Waals surface area contributed by atoms with E-state index < -0.39 is 0 Å². The van der Waals surface area contributed by atoms with E-state index in [9.17, 15) is 0 Å². The molecule has 4 heteroatoms. The lowest BCUT2D eigenvalue weighted by Crippen LogP contribution is -2.47. The first kappa shape index (κ1) is 8.59. The van der Waals surface area contributed by atoms with Crippen LogP contribution in [0.4, 0.5) is 0 Å². The van der Waals surface area contributed by atoms with E-state index in [0.29, 0.717) is 0 Å². The van der Waals surface area contributed by atoms with Gasteiger partial charge < -0.3 is 5.32 Å². The summed E-state index contributed by atoms with van der Waals surface area (Å²) in [7, 11) is 0. The van der Waals surface area contributed by atoms with Crippen LogP contribution in [-0.2, 0) is 6.42 Å². The second kappa shape index (κ2) is 3.40. The predicted octanol–water partition coefficient (Wildman–Crippen LogP) is 1.04. The lowest BCUT2D eigenvalue weighted by molar-refractivity contribution is 0.559. The Bertz CT molecular complexity index is 302. The van der Waals surface area contributed by atoms with Gasteiger partial charge in [-0.05, 0) is 23.1 Å². The number of nitrogens with one attached hydrogen (secondary N) is 1. The number of rotatable bonds is 2. The zero-order valence-corrected chi connectivity index (χ0v) is 7.92. The van der Waals surface area contributed by atoms with Crippen LogP contribution in [0, 0.1) is 0 Å². The van der Waals surface area contributed by atoms with Crippen LogP contribution in [0.15, 0.2) is 36.1 Å². The number of aromatic nitrogens is 1. The van der Waals surface area contributed by atoms with Gasteiger partial charge >= 0.3 is 0 Å². The fourth-order valence-corrected chi connectivity index (χ4v) is 2.03. The molecule has 0 aromatic carbocycles. The van der Waals surface area contributed by atoms with Gasteiger partial charge in [0.05, 0.1) is 0 Å². The summed E-state index contributed by atoms with van der Waals surface area (Å²) < 4.78 is 0. The minimum absolute atomic E-state index is 0.374. The van der Waals surface area contributed by atoms with Gasteiger partial charge in [-0.1, -0.05) is 11.8 Å². The molecular weight excluding hydrogens is 182 g/mol. The normalized spacial score (nSPS) is 25.9. The number of hydrogen-bond acceptors (Lipinski definition) is 4. The molecule has 0 saturated heterocycles. The first-order valence-corrected chi connectivity index (χ1v) is 4.95. The van der Waals surface area contributed by atoms with Gasteiger partial charge in [-0.3, -0.25) is 10.7 Å². The number of thioether (sulfide) groups is 1. The van der Waals surface area contributed by atoms with Crippen molar-refractivity contribution in [3.05, 3.63) is 41.7 Å². The standard InChI is InChI=1S/C9H11N3S/c10-9(12-5-6-13-9)7-8-1-3-11-4-2-8/h1-6,12H,7,10H2. The van der Waals surface area contributed by atoms with Gasteiger partial charge in [-0.2, -0.15) is 0 Å². The highest BCUT2D eigenvalue weighted by molar-refractivity contribution is 8.03. The van der Waals surface area contributed by atoms with Gasteiger partial charge in [0.2, 0.25) is 0 Å².